The van der Waals surface area contributed by atoms with Crippen molar-refractivity contribution in [3.8, 4) is 0 Å². The number of nitrogens with one attached hydrogen (secondary N) is 1. The highest BCUT2D eigenvalue weighted by molar-refractivity contribution is 8.77. The first-order valence-corrected chi connectivity index (χ1v) is 12.2. The van der Waals surface area contributed by atoms with Crippen LogP contribution in [0.15, 0.2) is 60.7 Å². The van der Waals surface area contributed by atoms with Crippen molar-refractivity contribution < 1.29 is 14.7 Å². The Bertz CT molecular complexity index is 861. The lowest BCUT2D eigenvalue weighted by atomic mass is 10.1. The molecule has 0 aromatic heterocycles. The van der Waals surface area contributed by atoms with E-state index in [4.69, 9.17) is 0 Å². The van der Waals surface area contributed by atoms with Crippen molar-refractivity contribution in [2.24, 2.45) is 0 Å². The Balaban J connectivity index is 1.50. The van der Waals surface area contributed by atoms with Gasteiger partial charge in [-0.3, -0.25) is 9.59 Å². The van der Waals surface area contributed by atoms with E-state index >= 15 is 0 Å². The maximum Gasteiger partial charge on any atom is 0.224 e. The number of rotatable bonds is 9. The number of unbranched alkanes of at least 4 members (excludes halogenated alkanes) is 1. The zero-order valence-electron chi connectivity index (χ0n) is 16.2. The summed E-state index contributed by atoms with van der Waals surface area (Å²) in [5.74, 6) is 0.812. The van der Waals surface area contributed by atoms with Crippen molar-refractivity contribution in [1.29, 1.82) is 0 Å². The van der Waals surface area contributed by atoms with Crippen LogP contribution in [0.4, 0.5) is 5.69 Å². The average Bonchev–Trinajstić information content (AvgIpc) is 3.25. The fourth-order valence-electron chi connectivity index (χ4n) is 3.10. The van der Waals surface area contributed by atoms with Gasteiger partial charge in [0.2, 0.25) is 5.91 Å². The van der Waals surface area contributed by atoms with Gasteiger partial charge in [0.05, 0.1) is 0 Å². The fourth-order valence-corrected chi connectivity index (χ4v) is 6.12. The van der Waals surface area contributed by atoms with Crippen molar-refractivity contribution in [3.05, 3.63) is 71.8 Å². The van der Waals surface area contributed by atoms with Crippen LogP contribution in [0.5, 0.6) is 0 Å². The number of amides is 1. The molecule has 6 heteroatoms. The lowest BCUT2D eigenvalue weighted by Gasteiger charge is -2.08. The Labute approximate surface area is 179 Å². The van der Waals surface area contributed by atoms with E-state index in [1.807, 2.05) is 27.7 Å². The Hall–Kier alpha value is -2.18. The molecule has 0 bridgehead atoms. The molecule has 1 atom stereocenters. The van der Waals surface area contributed by atoms with Crippen LogP contribution in [0.2, 0.25) is 0 Å². The van der Waals surface area contributed by atoms with Gasteiger partial charge in [-0.25, -0.2) is 0 Å². The molecule has 1 aliphatic heterocycles. The van der Waals surface area contributed by atoms with Crippen LogP contribution in [0.25, 0.3) is 5.76 Å². The molecule has 2 aromatic rings. The van der Waals surface area contributed by atoms with Crippen LogP contribution in [0.3, 0.4) is 0 Å². The van der Waals surface area contributed by atoms with Gasteiger partial charge in [-0.2, -0.15) is 0 Å². The van der Waals surface area contributed by atoms with Crippen molar-refractivity contribution in [3.63, 3.8) is 0 Å². The molecule has 1 fully saturated rings. The number of carbonyl (C=O) groups is 2. The summed E-state index contributed by atoms with van der Waals surface area (Å²) < 4.78 is 0. The van der Waals surface area contributed by atoms with E-state index in [0.717, 1.165) is 18.1 Å². The number of aliphatic hydroxyl groups is 1. The molecule has 1 aliphatic rings. The van der Waals surface area contributed by atoms with Gasteiger partial charge in [-0.15, -0.1) is 0 Å². The highest BCUT2D eigenvalue weighted by atomic mass is 33.1. The molecule has 2 N–H and O–H groups in total. The summed E-state index contributed by atoms with van der Waals surface area (Å²) in [5.41, 5.74) is 1.59. The number of allylic oxidation sites excluding steroid dienone is 1. The van der Waals surface area contributed by atoms with Crippen LogP contribution in [-0.2, 0) is 4.79 Å². The molecule has 0 spiro atoms. The molecule has 1 saturated heterocycles. The third-order valence-corrected chi connectivity index (χ3v) is 7.68. The number of anilines is 1. The molecule has 1 unspecified atom stereocenters. The van der Waals surface area contributed by atoms with Gasteiger partial charge in [0.1, 0.15) is 5.76 Å². The number of aliphatic hydroxyl groups excluding tert-OH is 1. The standard InChI is InChI=1S/C23H25NO3S2/c25-21(17-7-2-1-3-8-17)16-22(26)18-9-6-10-19(15-18)24-23(27)12-5-4-11-20-13-14-28-29-20/h1-3,6-10,15-16,20,25H,4-5,11-14H2,(H,24,27)/b21-16-. The highest BCUT2D eigenvalue weighted by Crippen LogP contribution is 2.39. The molecule has 4 nitrogen and oxygen atoms in total. The summed E-state index contributed by atoms with van der Waals surface area (Å²) in [7, 11) is 3.92. The van der Waals surface area contributed by atoms with Crippen molar-refractivity contribution in [1.82, 2.24) is 0 Å². The van der Waals surface area contributed by atoms with Crippen molar-refractivity contribution in [2.45, 2.75) is 37.4 Å². The number of hydrogen-bond acceptors (Lipinski definition) is 5. The van der Waals surface area contributed by atoms with Gasteiger partial charge in [0.15, 0.2) is 5.78 Å². The van der Waals surface area contributed by atoms with E-state index in [1.165, 1.54) is 24.7 Å². The molecule has 3 rings (SSSR count). The van der Waals surface area contributed by atoms with E-state index < -0.39 is 0 Å². The van der Waals surface area contributed by atoms with E-state index in [1.54, 1.807) is 48.5 Å². The monoisotopic (exact) mass is 427 g/mol. The van der Waals surface area contributed by atoms with Crippen LogP contribution >= 0.6 is 21.6 Å². The van der Waals surface area contributed by atoms with Gasteiger partial charge in [-0.05, 0) is 31.4 Å². The predicted octanol–water partition coefficient (Wildman–Crippen LogP) is 6.12. The molecule has 152 valence electrons. The van der Waals surface area contributed by atoms with Crippen molar-refractivity contribution >= 4 is 44.7 Å². The third-order valence-electron chi connectivity index (χ3n) is 4.68. The Kier molecular flexibility index (Phi) is 8.25. The smallest absolute Gasteiger partial charge is 0.224 e. The fraction of sp³-hybridized carbons (Fsp3) is 0.304. The highest BCUT2D eigenvalue weighted by Gasteiger charge is 2.16. The zero-order chi connectivity index (χ0) is 20.5. The lowest BCUT2D eigenvalue weighted by Crippen LogP contribution is -2.12. The first kappa shape index (κ1) is 21.5. The van der Waals surface area contributed by atoms with Gasteiger partial charge in [0.25, 0.3) is 0 Å². The maximum atomic E-state index is 12.5. The number of hydrogen-bond donors (Lipinski definition) is 2. The third kappa shape index (κ3) is 6.98. The summed E-state index contributed by atoms with van der Waals surface area (Å²) in [5, 5.41) is 13.7. The second kappa shape index (κ2) is 11.1. The zero-order valence-corrected chi connectivity index (χ0v) is 17.8. The SMILES string of the molecule is O=C(CCCCC1CCSS1)Nc1cccc(C(=O)/C=C(\O)c2ccccc2)c1. The number of benzene rings is 2. The number of carbonyl (C=O) groups excluding carboxylic acids is 2. The second-order valence-corrected chi connectivity index (χ2v) is 9.75. The van der Waals surface area contributed by atoms with E-state index in [9.17, 15) is 14.7 Å². The van der Waals surface area contributed by atoms with Crippen LogP contribution in [0, 0.1) is 0 Å². The topological polar surface area (TPSA) is 66.4 Å². The normalized spacial score (nSPS) is 16.6. The van der Waals surface area contributed by atoms with Gasteiger partial charge < -0.3 is 10.4 Å². The molecule has 1 heterocycles. The lowest BCUT2D eigenvalue weighted by molar-refractivity contribution is -0.116. The second-order valence-electron chi connectivity index (χ2n) is 6.96. The summed E-state index contributed by atoms with van der Waals surface area (Å²) in [6, 6.07) is 15.7. The minimum Gasteiger partial charge on any atom is -0.507 e. The van der Waals surface area contributed by atoms with E-state index in [0.29, 0.717) is 23.2 Å². The summed E-state index contributed by atoms with van der Waals surface area (Å²) in [4.78, 5) is 24.6. The van der Waals surface area contributed by atoms with E-state index in [-0.39, 0.29) is 17.4 Å². The molecule has 29 heavy (non-hydrogen) atoms. The van der Waals surface area contributed by atoms with Gasteiger partial charge in [-0.1, -0.05) is 70.5 Å². The molecule has 2 aromatic carbocycles. The summed E-state index contributed by atoms with van der Waals surface area (Å²) in [6.07, 6.45) is 6.07. The predicted molar refractivity (Wildman–Crippen MR) is 123 cm³/mol. The number of ketones is 1. The minimum atomic E-state index is -0.311. The Morgan fingerprint density at radius 3 is 2.62 bits per heavy atom. The van der Waals surface area contributed by atoms with Crippen molar-refractivity contribution in [2.75, 3.05) is 11.1 Å². The minimum absolute atomic E-state index is 0.0364. The molecular formula is C23H25NO3S2. The first-order valence-electron chi connectivity index (χ1n) is 9.80. The average molecular weight is 428 g/mol. The van der Waals surface area contributed by atoms with Gasteiger partial charge in [0, 0.05) is 40.3 Å². The molecular weight excluding hydrogens is 402 g/mol. The first-order chi connectivity index (χ1) is 14.1. The van der Waals surface area contributed by atoms with Crippen LogP contribution in [-0.4, -0.2) is 27.8 Å². The van der Waals surface area contributed by atoms with E-state index in [2.05, 4.69) is 5.32 Å². The molecule has 1 amide bonds. The largest absolute Gasteiger partial charge is 0.507 e. The maximum absolute atomic E-state index is 12.5. The summed E-state index contributed by atoms with van der Waals surface area (Å²) in [6.45, 7) is 0. The van der Waals surface area contributed by atoms with Crippen LogP contribution < -0.4 is 5.32 Å². The van der Waals surface area contributed by atoms with Crippen LogP contribution in [0.1, 0.15) is 48.0 Å². The molecule has 0 radical (unpaired) electrons. The summed E-state index contributed by atoms with van der Waals surface area (Å²) >= 11 is 0. The molecule has 0 saturated carbocycles. The quantitative estimate of drug-likeness (QED) is 0.166. The Morgan fingerprint density at radius 1 is 1.07 bits per heavy atom. The Morgan fingerprint density at radius 2 is 1.86 bits per heavy atom. The molecule has 0 aliphatic carbocycles. The van der Waals surface area contributed by atoms with Gasteiger partial charge >= 0.3 is 0 Å².